The monoisotopic (exact) mass is 410 g/mol. The fourth-order valence-corrected chi connectivity index (χ4v) is 4.99. The number of nitrogens with one attached hydrogen (secondary N) is 1. The first kappa shape index (κ1) is 19.3. The number of aryl methyl sites for hydroxylation is 2. The lowest BCUT2D eigenvalue weighted by Crippen LogP contribution is -2.31. The molecule has 0 aliphatic heterocycles. The lowest BCUT2D eigenvalue weighted by molar-refractivity contribution is -0.138. The predicted octanol–water partition coefficient (Wildman–Crippen LogP) is 2.90. The summed E-state index contributed by atoms with van der Waals surface area (Å²) in [5.74, 6) is -0.371. The summed E-state index contributed by atoms with van der Waals surface area (Å²) in [7, 11) is 0. The highest BCUT2D eigenvalue weighted by Gasteiger charge is 2.25. The van der Waals surface area contributed by atoms with Crippen molar-refractivity contribution in [2.45, 2.75) is 44.6 Å². The predicted molar refractivity (Wildman–Crippen MR) is 112 cm³/mol. The molecule has 1 aliphatic carbocycles. The van der Waals surface area contributed by atoms with Crippen LogP contribution in [0.2, 0.25) is 0 Å². The highest BCUT2D eigenvalue weighted by molar-refractivity contribution is 7.19. The third kappa shape index (κ3) is 4.22. The second kappa shape index (κ2) is 8.16. The highest BCUT2D eigenvalue weighted by Crippen LogP contribution is 2.40. The molecule has 1 atom stereocenters. The SMILES string of the molecule is NC(=O)CCC(Nc1nc(Cc2ccccc2)nc2sc3c(c12)CCC3)C(=O)O. The number of anilines is 1. The molecule has 1 amide bonds. The van der Waals surface area contributed by atoms with E-state index in [1.807, 2.05) is 30.3 Å². The van der Waals surface area contributed by atoms with Gasteiger partial charge in [0.2, 0.25) is 5.91 Å². The first-order valence-corrected chi connectivity index (χ1v) is 10.5. The Morgan fingerprint density at radius 1 is 1.21 bits per heavy atom. The number of carboxylic acid groups (broad SMARTS) is 1. The van der Waals surface area contributed by atoms with Crippen LogP contribution in [0.15, 0.2) is 30.3 Å². The van der Waals surface area contributed by atoms with Crippen molar-refractivity contribution in [1.29, 1.82) is 0 Å². The van der Waals surface area contributed by atoms with Gasteiger partial charge in [-0.1, -0.05) is 30.3 Å². The molecule has 0 saturated carbocycles. The van der Waals surface area contributed by atoms with Crippen molar-refractivity contribution in [3.05, 3.63) is 52.2 Å². The van der Waals surface area contributed by atoms with Crippen LogP contribution < -0.4 is 11.1 Å². The number of nitrogens with zero attached hydrogens (tertiary/aromatic N) is 2. The molecule has 0 radical (unpaired) electrons. The zero-order valence-corrected chi connectivity index (χ0v) is 16.7. The molecule has 29 heavy (non-hydrogen) atoms. The molecule has 4 N–H and O–H groups in total. The quantitative estimate of drug-likeness (QED) is 0.525. The Morgan fingerprint density at radius 2 is 2.00 bits per heavy atom. The van der Waals surface area contributed by atoms with E-state index in [-0.39, 0.29) is 12.8 Å². The summed E-state index contributed by atoms with van der Waals surface area (Å²) >= 11 is 1.67. The van der Waals surface area contributed by atoms with Gasteiger partial charge in [0.05, 0.1) is 5.39 Å². The smallest absolute Gasteiger partial charge is 0.326 e. The van der Waals surface area contributed by atoms with Crippen LogP contribution in [0.4, 0.5) is 5.82 Å². The number of benzene rings is 1. The summed E-state index contributed by atoms with van der Waals surface area (Å²) < 4.78 is 0. The van der Waals surface area contributed by atoms with E-state index in [0.717, 1.165) is 35.0 Å². The van der Waals surface area contributed by atoms with Crippen molar-refractivity contribution in [3.8, 4) is 0 Å². The largest absolute Gasteiger partial charge is 0.480 e. The summed E-state index contributed by atoms with van der Waals surface area (Å²) in [4.78, 5) is 34.5. The molecule has 4 rings (SSSR count). The Kier molecular flexibility index (Phi) is 5.44. The van der Waals surface area contributed by atoms with Crippen LogP contribution in [0.5, 0.6) is 0 Å². The van der Waals surface area contributed by atoms with Crippen LogP contribution in [0.1, 0.15) is 41.1 Å². The highest BCUT2D eigenvalue weighted by atomic mass is 32.1. The number of thiophene rings is 1. The van der Waals surface area contributed by atoms with Gasteiger partial charge >= 0.3 is 5.97 Å². The molecule has 1 unspecified atom stereocenters. The van der Waals surface area contributed by atoms with E-state index in [9.17, 15) is 14.7 Å². The Balaban J connectivity index is 1.73. The summed E-state index contributed by atoms with van der Waals surface area (Å²) in [6.07, 6.45) is 3.73. The van der Waals surface area contributed by atoms with E-state index in [1.165, 1.54) is 10.4 Å². The Hall–Kier alpha value is -3.00. The van der Waals surface area contributed by atoms with Crippen LogP contribution in [-0.2, 0) is 28.9 Å². The van der Waals surface area contributed by atoms with E-state index >= 15 is 0 Å². The Morgan fingerprint density at radius 3 is 2.72 bits per heavy atom. The van der Waals surface area contributed by atoms with E-state index in [1.54, 1.807) is 11.3 Å². The van der Waals surface area contributed by atoms with E-state index in [0.29, 0.717) is 18.1 Å². The number of carbonyl (C=O) groups excluding carboxylic acids is 1. The molecule has 150 valence electrons. The maximum atomic E-state index is 11.7. The average Bonchev–Trinajstić information content (AvgIpc) is 3.26. The number of aromatic nitrogens is 2. The number of carboxylic acids is 1. The summed E-state index contributed by atoms with van der Waals surface area (Å²) in [6, 6.07) is 8.99. The fraction of sp³-hybridized carbons (Fsp3) is 0.333. The molecule has 8 heteroatoms. The van der Waals surface area contributed by atoms with Gasteiger partial charge in [0, 0.05) is 17.7 Å². The standard InChI is InChI=1S/C21H22N4O3S/c22-16(26)10-9-14(21(27)28)23-19-18-13-7-4-8-15(13)29-20(18)25-17(24-19)11-12-5-2-1-3-6-12/h1-3,5-6,14H,4,7-11H2,(H2,22,26)(H,27,28)(H,23,24,25). The molecule has 0 saturated heterocycles. The minimum absolute atomic E-state index is 0.00317. The molecule has 2 heterocycles. The van der Waals surface area contributed by atoms with Crippen LogP contribution in [-0.4, -0.2) is 33.0 Å². The van der Waals surface area contributed by atoms with E-state index < -0.39 is 17.9 Å². The van der Waals surface area contributed by atoms with Crippen molar-refractivity contribution in [1.82, 2.24) is 9.97 Å². The maximum absolute atomic E-state index is 11.7. The number of nitrogens with two attached hydrogens (primary N) is 1. The average molecular weight is 410 g/mol. The molecule has 0 bridgehead atoms. The number of hydrogen-bond donors (Lipinski definition) is 3. The van der Waals surface area contributed by atoms with Gasteiger partial charge in [0.1, 0.15) is 22.5 Å². The Bertz CT molecular complexity index is 1060. The summed E-state index contributed by atoms with van der Waals surface area (Å²) in [5, 5.41) is 13.6. The molecule has 0 spiro atoms. The third-order valence-electron chi connectivity index (χ3n) is 5.10. The number of aliphatic carboxylic acids is 1. The molecule has 1 aliphatic rings. The zero-order valence-electron chi connectivity index (χ0n) is 15.9. The first-order valence-electron chi connectivity index (χ1n) is 9.64. The number of rotatable bonds is 8. The second-order valence-corrected chi connectivity index (χ2v) is 8.31. The van der Waals surface area contributed by atoms with Gasteiger partial charge in [-0.15, -0.1) is 11.3 Å². The molecule has 3 aromatic rings. The van der Waals surface area contributed by atoms with Gasteiger partial charge in [-0.3, -0.25) is 4.79 Å². The molecular formula is C21H22N4O3S. The van der Waals surface area contributed by atoms with Crippen molar-refractivity contribution >= 4 is 39.2 Å². The number of primary amides is 1. The normalized spacial score (nSPS) is 13.9. The topological polar surface area (TPSA) is 118 Å². The Labute approximate surface area is 172 Å². The number of hydrogen-bond acceptors (Lipinski definition) is 6. The minimum atomic E-state index is -1.03. The first-order chi connectivity index (χ1) is 14.0. The van der Waals surface area contributed by atoms with Gasteiger partial charge in [-0.05, 0) is 36.8 Å². The molecule has 1 aromatic carbocycles. The molecule has 0 fully saturated rings. The van der Waals surface area contributed by atoms with Gasteiger partial charge in [-0.25, -0.2) is 14.8 Å². The number of carbonyl (C=O) groups is 2. The number of fused-ring (bicyclic) bond motifs is 3. The lowest BCUT2D eigenvalue weighted by atomic mass is 10.1. The van der Waals surface area contributed by atoms with Crippen molar-refractivity contribution in [2.75, 3.05) is 5.32 Å². The molecule has 2 aromatic heterocycles. The molecular weight excluding hydrogens is 388 g/mol. The van der Waals surface area contributed by atoms with Gasteiger partial charge in [-0.2, -0.15) is 0 Å². The second-order valence-electron chi connectivity index (χ2n) is 7.23. The van der Waals surface area contributed by atoms with Crippen molar-refractivity contribution in [2.24, 2.45) is 5.73 Å². The maximum Gasteiger partial charge on any atom is 0.326 e. The summed E-state index contributed by atoms with van der Waals surface area (Å²) in [6.45, 7) is 0. The zero-order chi connectivity index (χ0) is 20.4. The molecule has 7 nitrogen and oxygen atoms in total. The van der Waals surface area contributed by atoms with Crippen molar-refractivity contribution in [3.63, 3.8) is 0 Å². The van der Waals surface area contributed by atoms with Gasteiger partial charge < -0.3 is 16.2 Å². The van der Waals surface area contributed by atoms with Crippen molar-refractivity contribution < 1.29 is 14.7 Å². The van der Waals surface area contributed by atoms with Crippen LogP contribution in [0.3, 0.4) is 0 Å². The van der Waals surface area contributed by atoms with Crippen LogP contribution in [0, 0.1) is 0 Å². The number of amides is 1. The van der Waals surface area contributed by atoms with Gasteiger partial charge in [0.15, 0.2) is 0 Å². The van der Waals surface area contributed by atoms with E-state index in [4.69, 9.17) is 15.7 Å². The van der Waals surface area contributed by atoms with Gasteiger partial charge in [0.25, 0.3) is 0 Å². The fourth-order valence-electron chi connectivity index (χ4n) is 3.71. The summed E-state index contributed by atoms with van der Waals surface area (Å²) in [5.41, 5.74) is 7.52. The van der Waals surface area contributed by atoms with Crippen LogP contribution in [0.25, 0.3) is 10.2 Å². The van der Waals surface area contributed by atoms with Crippen LogP contribution >= 0.6 is 11.3 Å². The van der Waals surface area contributed by atoms with E-state index in [2.05, 4.69) is 5.32 Å². The minimum Gasteiger partial charge on any atom is -0.480 e. The third-order valence-corrected chi connectivity index (χ3v) is 6.29. The lowest BCUT2D eigenvalue weighted by Gasteiger charge is -2.16.